The summed E-state index contributed by atoms with van der Waals surface area (Å²) >= 11 is 0. The molecule has 1 heterocycles. The number of nitrogens with zero attached hydrogens (tertiary/aromatic N) is 2. The smallest absolute Gasteiger partial charge is 0.151 e. The van der Waals surface area contributed by atoms with E-state index in [0.717, 1.165) is 30.3 Å². The monoisotopic (exact) mass is 272 g/mol. The van der Waals surface area contributed by atoms with Gasteiger partial charge >= 0.3 is 0 Å². The normalized spacial score (nSPS) is 10.3. The highest BCUT2D eigenvalue weighted by Crippen LogP contribution is 2.20. The van der Waals surface area contributed by atoms with Crippen molar-refractivity contribution in [3.8, 4) is 0 Å². The summed E-state index contributed by atoms with van der Waals surface area (Å²) in [6.07, 6.45) is 4.29. The Kier molecular flexibility index (Phi) is 5.32. The van der Waals surface area contributed by atoms with E-state index in [0.29, 0.717) is 6.61 Å². The molecular formula is C15H20N4O. The number of ether oxygens (including phenoxy) is 1. The lowest BCUT2D eigenvalue weighted by atomic mass is 10.1. The molecule has 5 heteroatoms. The van der Waals surface area contributed by atoms with Crippen LogP contribution in [0, 0.1) is 0 Å². The Morgan fingerprint density at radius 1 is 1.15 bits per heavy atom. The van der Waals surface area contributed by atoms with E-state index >= 15 is 0 Å². The molecule has 0 saturated heterocycles. The summed E-state index contributed by atoms with van der Waals surface area (Å²) in [7, 11) is 1.71. The Morgan fingerprint density at radius 3 is 2.75 bits per heavy atom. The average molecular weight is 272 g/mol. The third-order valence-corrected chi connectivity index (χ3v) is 2.85. The second-order valence-corrected chi connectivity index (χ2v) is 4.34. The van der Waals surface area contributed by atoms with Gasteiger partial charge in [0.05, 0.1) is 19.0 Å². The fraction of sp³-hybridized carbons (Fsp3) is 0.333. The molecule has 0 unspecified atom stereocenters. The molecular weight excluding hydrogens is 252 g/mol. The molecule has 0 spiro atoms. The topological polar surface area (TPSA) is 59.1 Å². The van der Waals surface area contributed by atoms with E-state index in [2.05, 4.69) is 26.7 Å². The van der Waals surface area contributed by atoms with Crippen molar-refractivity contribution < 1.29 is 4.74 Å². The van der Waals surface area contributed by atoms with Gasteiger partial charge in [-0.15, -0.1) is 0 Å². The van der Waals surface area contributed by atoms with E-state index in [1.807, 2.05) is 25.1 Å². The Morgan fingerprint density at radius 2 is 1.95 bits per heavy atom. The van der Waals surface area contributed by atoms with Crippen LogP contribution in [0.25, 0.3) is 0 Å². The first-order valence-electron chi connectivity index (χ1n) is 6.73. The molecule has 2 aromatic rings. The lowest BCUT2D eigenvalue weighted by molar-refractivity contribution is 0.202. The fourth-order valence-electron chi connectivity index (χ4n) is 1.90. The van der Waals surface area contributed by atoms with Crippen molar-refractivity contribution >= 4 is 17.3 Å². The van der Waals surface area contributed by atoms with Crippen molar-refractivity contribution in [1.82, 2.24) is 9.97 Å². The van der Waals surface area contributed by atoms with Crippen LogP contribution < -0.4 is 10.6 Å². The molecule has 1 aromatic heterocycles. The SMILES string of the molecule is CCNc1cncc(Nc2ccccc2CCOC)n1. The molecule has 0 radical (unpaired) electrons. The molecule has 0 aliphatic carbocycles. The summed E-state index contributed by atoms with van der Waals surface area (Å²) in [5.41, 5.74) is 2.23. The molecule has 0 bridgehead atoms. The maximum atomic E-state index is 5.14. The molecule has 0 amide bonds. The van der Waals surface area contributed by atoms with Gasteiger partial charge in [0, 0.05) is 19.3 Å². The largest absolute Gasteiger partial charge is 0.384 e. The molecule has 20 heavy (non-hydrogen) atoms. The van der Waals surface area contributed by atoms with Gasteiger partial charge in [0.1, 0.15) is 5.82 Å². The van der Waals surface area contributed by atoms with Gasteiger partial charge in [-0.25, -0.2) is 4.98 Å². The summed E-state index contributed by atoms with van der Waals surface area (Å²) in [5, 5.41) is 6.46. The van der Waals surface area contributed by atoms with Crippen LogP contribution in [0.3, 0.4) is 0 Å². The van der Waals surface area contributed by atoms with Gasteiger partial charge in [0.15, 0.2) is 5.82 Å². The number of hydrogen-bond donors (Lipinski definition) is 2. The summed E-state index contributed by atoms with van der Waals surface area (Å²) < 4.78 is 5.14. The molecule has 2 rings (SSSR count). The molecule has 5 nitrogen and oxygen atoms in total. The van der Waals surface area contributed by atoms with Gasteiger partial charge < -0.3 is 15.4 Å². The predicted molar refractivity (Wildman–Crippen MR) is 81.5 cm³/mol. The van der Waals surface area contributed by atoms with Gasteiger partial charge in [-0.1, -0.05) is 18.2 Å². The van der Waals surface area contributed by atoms with E-state index in [1.54, 1.807) is 19.5 Å². The maximum absolute atomic E-state index is 5.14. The summed E-state index contributed by atoms with van der Waals surface area (Å²) in [4.78, 5) is 8.64. The van der Waals surface area contributed by atoms with Crippen molar-refractivity contribution in [3.05, 3.63) is 42.2 Å². The van der Waals surface area contributed by atoms with E-state index in [4.69, 9.17) is 4.74 Å². The van der Waals surface area contributed by atoms with E-state index in [1.165, 1.54) is 5.56 Å². The number of hydrogen-bond acceptors (Lipinski definition) is 5. The number of rotatable bonds is 7. The fourth-order valence-corrected chi connectivity index (χ4v) is 1.90. The second-order valence-electron chi connectivity index (χ2n) is 4.34. The molecule has 106 valence electrons. The zero-order valence-electron chi connectivity index (χ0n) is 11.9. The molecule has 0 aliphatic rings. The van der Waals surface area contributed by atoms with Crippen LogP contribution in [-0.2, 0) is 11.2 Å². The third kappa shape index (κ3) is 3.93. The third-order valence-electron chi connectivity index (χ3n) is 2.85. The summed E-state index contributed by atoms with van der Waals surface area (Å²) in [6, 6.07) is 8.15. The molecule has 2 N–H and O–H groups in total. The zero-order chi connectivity index (χ0) is 14.2. The second kappa shape index (κ2) is 7.45. The minimum Gasteiger partial charge on any atom is -0.384 e. The highest BCUT2D eigenvalue weighted by atomic mass is 16.5. The van der Waals surface area contributed by atoms with Crippen LogP contribution >= 0.6 is 0 Å². The lowest BCUT2D eigenvalue weighted by Crippen LogP contribution is -2.04. The Bertz CT molecular complexity index is 545. The molecule has 0 fully saturated rings. The number of anilines is 3. The van der Waals surface area contributed by atoms with Gasteiger partial charge in [0.2, 0.25) is 0 Å². The highest BCUT2D eigenvalue weighted by Gasteiger charge is 2.04. The van der Waals surface area contributed by atoms with Gasteiger partial charge in [-0.05, 0) is 25.0 Å². The first kappa shape index (κ1) is 14.3. The molecule has 0 aliphatic heterocycles. The Balaban J connectivity index is 2.14. The average Bonchev–Trinajstić information content (AvgIpc) is 2.47. The van der Waals surface area contributed by atoms with Crippen molar-refractivity contribution in [2.45, 2.75) is 13.3 Å². The van der Waals surface area contributed by atoms with Gasteiger partial charge in [-0.3, -0.25) is 4.98 Å². The summed E-state index contributed by atoms with van der Waals surface area (Å²) in [5.74, 6) is 1.50. The standard InChI is InChI=1S/C15H20N4O/c1-3-17-14-10-16-11-15(19-14)18-13-7-5-4-6-12(13)8-9-20-2/h4-7,10-11H,3,8-9H2,1-2H3,(H2,17,18,19). The Hall–Kier alpha value is -2.14. The van der Waals surface area contributed by atoms with Crippen molar-refractivity contribution in [2.75, 3.05) is 30.9 Å². The quantitative estimate of drug-likeness (QED) is 0.811. The molecule has 0 atom stereocenters. The first-order valence-corrected chi connectivity index (χ1v) is 6.73. The van der Waals surface area contributed by atoms with Crippen LogP contribution in [-0.4, -0.2) is 30.2 Å². The lowest BCUT2D eigenvalue weighted by Gasteiger charge is -2.11. The van der Waals surface area contributed by atoms with Crippen LogP contribution in [0.5, 0.6) is 0 Å². The van der Waals surface area contributed by atoms with E-state index in [9.17, 15) is 0 Å². The number of methoxy groups -OCH3 is 1. The minimum absolute atomic E-state index is 0.696. The van der Waals surface area contributed by atoms with Crippen LogP contribution in [0.1, 0.15) is 12.5 Å². The van der Waals surface area contributed by atoms with Crippen LogP contribution in [0.2, 0.25) is 0 Å². The summed E-state index contributed by atoms with van der Waals surface area (Å²) in [6.45, 7) is 3.55. The number of benzene rings is 1. The van der Waals surface area contributed by atoms with Gasteiger partial charge in [0.25, 0.3) is 0 Å². The molecule has 1 aromatic carbocycles. The van der Waals surface area contributed by atoms with Crippen molar-refractivity contribution in [2.24, 2.45) is 0 Å². The number of nitrogens with one attached hydrogen (secondary N) is 2. The highest BCUT2D eigenvalue weighted by molar-refractivity contribution is 5.61. The van der Waals surface area contributed by atoms with Gasteiger partial charge in [-0.2, -0.15) is 0 Å². The maximum Gasteiger partial charge on any atom is 0.151 e. The van der Waals surface area contributed by atoms with Crippen LogP contribution in [0.4, 0.5) is 17.3 Å². The first-order chi connectivity index (χ1) is 9.83. The van der Waals surface area contributed by atoms with Crippen molar-refractivity contribution in [1.29, 1.82) is 0 Å². The zero-order valence-corrected chi connectivity index (χ0v) is 11.9. The number of aromatic nitrogens is 2. The van der Waals surface area contributed by atoms with E-state index < -0.39 is 0 Å². The molecule has 0 saturated carbocycles. The number of para-hydroxylation sites is 1. The van der Waals surface area contributed by atoms with E-state index in [-0.39, 0.29) is 0 Å². The van der Waals surface area contributed by atoms with Crippen LogP contribution in [0.15, 0.2) is 36.7 Å². The van der Waals surface area contributed by atoms with Crippen molar-refractivity contribution in [3.63, 3.8) is 0 Å². The minimum atomic E-state index is 0.696. The predicted octanol–water partition coefficient (Wildman–Crippen LogP) is 2.84. The Labute approximate surface area is 119 Å².